The number of hydrogen-bond donors (Lipinski definition) is 0. The molecule has 1 aliphatic rings. The molecule has 0 bridgehead atoms. The molecule has 5 nitrogen and oxygen atoms in total. The molecule has 0 radical (unpaired) electrons. The standard InChI is InChI=1S/C19H15BrClFN4O/c20-12-1-4-17-15(9-12)18(24-11-23-17)25-5-7-26(8-6-25)19(27)14-3-2-13(22)10-16(14)21/h1-4,9-11H,5-8H2. The van der Waals surface area contributed by atoms with E-state index >= 15 is 0 Å². The van der Waals surface area contributed by atoms with Gasteiger partial charge in [0.2, 0.25) is 0 Å². The van der Waals surface area contributed by atoms with E-state index in [1.807, 2.05) is 18.2 Å². The molecule has 0 saturated carbocycles. The van der Waals surface area contributed by atoms with E-state index in [-0.39, 0.29) is 10.9 Å². The number of carbonyl (C=O) groups excluding carboxylic acids is 1. The van der Waals surface area contributed by atoms with E-state index in [0.717, 1.165) is 27.3 Å². The number of benzene rings is 2. The van der Waals surface area contributed by atoms with Crippen LogP contribution in [0.1, 0.15) is 10.4 Å². The van der Waals surface area contributed by atoms with Crippen molar-refractivity contribution >= 4 is 50.2 Å². The summed E-state index contributed by atoms with van der Waals surface area (Å²) < 4.78 is 14.2. The summed E-state index contributed by atoms with van der Waals surface area (Å²) >= 11 is 9.52. The van der Waals surface area contributed by atoms with Gasteiger partial charge < -0.3 is 9.80 Å². The van der Waals surface area contributed by atoms with Crippen LogP contribution >= 0.6 is 27.5 Å². The topological polar surface area (TPSA) is 49.3 Å². The summed E-state index contributed by atoms with van der Waals surface area (Å²) in [5.74, 6) is 0.214. The quantitative estimate of drug-likeness (QED) is 0.590. The molecule has 0 atom stereocenters. The van der Waals surface area contributed by atoms with Crippen molar-refractivity contribution in [2.45, 2.75) is 0 Å². The van der Waals surface area contributed by atoms with Crippen molar-refractivity contribution in [1.82, 2.24) is 14.9 Å². The number of anilines is 1. The van der Waals surface area contributed by atoms with Gasteiger partial charge in [0.25, 0.3) is 5.91 Å². The molecule has 1 saturated heterocycles. The Hall–Kier alpha value is -2.25. The number of rotatable bonds is 2. The average Bonchev–Trinajstić information content (AvgIpc) is 2.67. The van der Waals surface area contributed by atoms with E-state index in [2.05, 4.69) is 30.8 Å². The van der Waals surface area contributed by atoms with Gasteiger partial charge in [-0.3, -0.25) is 4.79 Å². The first-order valence-corrected chi connectivity index (χ1v) is 9.59. The first kappa shape index (κ1) is 18.1. The predicted molar refractivity (Wildman–Crippen MR) is 107 cm³/mol. The van der Waals surface area contributed by atoms with E-state index in [1.54, 1.807) is 11.2 Å². The maximum absolute atomic E-state index is 13.2. The molecular weight excluding hydrogens is 435 g/mol. The second-order valence-electron chi connectivity index (χ2n) is 6.26. The van der Waals surface area contributed by atoms with Crippen molar-refractivity contribution in [3.05, 3.63) is 63.6 Å². The molecule has 1 aliphatic heterocycles. The minimum atomic E-state index is -0.455. The van der Waals surface area contributed by atoms with Gasteiger partial charge in [-0.1, -0.05) is 27.5 Å². The Bertz CT molecular complexity index is 1020. The van der Waals surface area contributed by atoms with Crippen molar-refractivity contribution < 1.29 is 9.18 Å². The Balaban J connectivity index is 1.52. The molecule has 0 N–H and O–H groups in total. The highest BCUT2D eigenvalue weighted by atomic mass is 79.9. The van der Waals surface area contributed by atoms with E-state index < -0.39 is 5.82 Å². The zero-order chi connectivity index (χ0) is 19.0. The minimum Gasteiger partial charge on any atom is -0.352 e. The van der Waals surface area contributed by atoms with Crippen LogP contribution in [-0.2, 0) is 0 Å². The first-order chi connectivity index (χ1) is 13.0. The van der Waals surface area contributed by atoms with Gasteiger partial charge in [-0.2, -0.15) is 0 Å². The average molecular weight is 450 g/mol. The van der Waals surface area contributed by atoms with Gasteiger partial charge in [-0.15, -0.1) is 0 Å². The lowest BCUT2D eigenvalue weighted by atomic mass is 10.1. The maximum atomic E-state index is 13.2. The lowest BCUT2D eigenvalue weighted by Gasteiger charge is -2.36. The minimum absolute atomic E-state index is 0.133. The van der Waals surface area contributed by atoms with Crippen molar-refractivity contribution in [3.8, 4) is 0 Å². The van der Waals surface area contributed by atoms with E-state index in [1.165, 1.54) is 12.1 Å². The summed E-state index contributed by atoms with van der Waals surface area (Å²) in [5, 5.41) is 1.10. The largest absolute Gasteiger partial charge is 0.352 e. The van der Waals surface area contributed by atoms with Crippen molar-refractivity contribution in [1.29, 1.82) is 0 Å². The summed E-state index contributed by atoms with van der Waals surface area (Å²) in [6.07, 6.45) is 1.56. The smallest absolute Gasteiger partial charge is 0.255 e. The zero-order valence-corrected chi connectivity index (χ0v) is 16.5. The first-order valence-electron chi connectivity index (χ1n) is 8.42. The monoisotopic (exact) mass is 448 g/mol. The van der Waals surface area contributed by atoms with Gasteiger partial charge in [-0.05, 0) is 36.4 Å². The Kier molecular flexibility index (Phi) is 4.97. The maximum Gasteiger partial charge on any atom is 0.255 e. The number of aromatic nitrogens is 2. The van der Waals surface area contributed by atoms with Crippen LogP contribution in [0.4, 0.5) is 10.2 Å². The predicted octanol–water partition coefficient (Wildman–Crippen LogP) is 4.15. The fraction of sp³-hybridized carbons (Fsp3) is 0.211. The normalized spacial score (nSPS) is 14.6. The molecule has 3 aromatic rings. The van der Waals surface area contributed by atoms with E-state index in [9.17, 15) is 9.18 Å². The number of halogens is 3. The SMILES string of the molecule is O=C(c1ccc(F)cc1Cl)N1CCN(c2ncnc3ccc(Br)cc23)CC1. The van der Waals surface area contributed by atoms with Crippen molar-refractivity contribution in [2.24, 2.45) is 0 Å². The molecule has 2 heterocycles. The molecule has 4 rings (SSSR count). The summed E-state index contributed by atoms with van der Waals surface area (Å²) in [6, 6.07) is 9.74. The number of hydrogen-bond acceptors (Lipinski definition) is 4. The number of piperazine rings is 1. The number of fused-ring (bicyclic) bond motifs is 1. The lowest BCUT2D eigenvalue weighted by molar-refractivity contribution is 0.0746. The van der Waals surface area contributed by atoms with Crippen LogP contribution in [0.25, 0.3) is 10.9 Å². The van der Waals surface area contributed by atoms with E-state index in [0.29, 0.717) is 31.7 Å². The second-order valence-corrected chi connectivity index (χ2v) is 7.59. The Labute approximate surface area is 168 Å². The molecule has 1 fully saturated rings. The van der Waals surface area contributed by atoms with Crippen LogP contribution in [-0.4, -0.2) is 47.0 Å². The molecule has 1 amide bonds. The molecule has 8 heteroatoms. The second kappa shape index (κ2) is 7.40. The van der Waals surface area contributed by atoms with Gasteiger partial charge in [0.15, 0.2) is 0 Å². The molecule has 2 aromatic carbocycles. The number of nitrogens with zero attached hydrogens (tertiary/aromatic N) is 4. The van der Waals surface area contributed by atoms with Crippen molar-refractivity contribution in [3.63, 3.8) is 0 Å². The van der Waals surface area contributed by atoms with Gasteiger partial charge >= 0.3 is 0 Å². The van der Waals surface area contributed by atoms with Crippen LogP contribution in [0.2, 0.25) is 5.02 Å². The zero-order valence-electron chi connectivity index (χ0n) is 14.2. The van der Waals surface area contributed by atoms with Crippen LogP contribution in [0.15, 0.2) is 47.2 Å². The van der Waals surface area contributed by atoms with Crippen LogP contribution < -0.4 is 4.90 Å². The van der Waals surface area contributed by atoms with Gasteiger partial charge in [0.1, 0.15) is 18.0 Å². The summed E-state index contributed by atoms with van der Waals surface area (Å²) in [6.45, 7) is 2.35. The fourth-order valence-corrected chi connectivity index (χ4v) is 3.83. The summed E-state index contributed by atoms with van der Waals surface area (Å²) in [5.41, 5.74) is 1.20. The molecule has 27 heavy (non-hydrogen) atoms. The molecule has 138 valence electrons. The van der Waals surface area contributed by atoms with Crippen LogP contribution in [0, 0.1) is 5.82 Å². The molecule has 0 spiro atoms. The molecule has 0 unspecified atom stereocenters. The van der Waals surface area contributed by atoms with Gasteiger partial charge in [0.05, 0.1) is 16.1 Å². The summed E-state index contributed by atoms with van der Waals surface area (Å²) in [7, 11) is 0. The van der Waals surface area contributed by atoms with Crippen molar-refractivity contribution in [2.75, 3.05) is 31.1 Å². The highest BCUT2D eigenvalue weighted by Gasteiger charge is 2.25. The Morgan fingerprint density at radius 1 is 1.07 bits per heavy atom. The third-order valence-corrected chi connectivity index (χ3v) is 5.41. The van der Waals surface area contributed by atoms with E-state index in [4.69, 9.17) is 11.6 Å². The highest BCUT2D eigenvalue weighted by molar-refractivity contribution is 9.10. The molecular formula is C19H15BrClFN4O. The summed E-state index contributed by atoms with van der Waals surface area (Å²) in [4.78, 5) is 25.3. The number of amides is 1. The highest BCUT2D eigenvalue weighted by Crippen LogP contribution is 2.27. The molecule has 0 aliphatic carbocycles. The Morgan fingerprint density at radius 3 is 2.59 bits per heavy atom. The molecule has 1 aromatic heterocycles. The number of carbonyl (C=O) groups is 1. The van der Waals surface area contributed by atoms with Gasteiger partial charge in [0, 0.05) is 36.0 Å². The van der Waals surface area contributed by atoms with Gasteiger partial charge in [-0.25, -0.2) is 14.4 Å². The van der Waals surface area contributed by atoms with Crippen LogP contribution in [0.3, 0.4) is 0 Å². The third-order valence-electron chi connectivity index (χ3n) is 4.60. The van der Waals surface area contributed by atoms with Crippen LogP contribution in [0.5, 0.6) is 0 Å². The fourth-order valence-electron chi connectivity index (χ4n) is 3.22. The Morgan fingerprint density at radius 2 is 1.85 bits per heavy atom. The third kappa shape index (κ3) is 3.61. The lowest BCUT2D eigenvalue weighted by Crippen LogP contribution is -2.49.